The second kappa shape index (κ2) is 7.99. The molecular weight excluding hydrogens is 252 g/mol. The number of likely N-dealkylation sites (tertiary alicyclic amines) is 1. The minimum atomic E-state index is -0.230. The highest BCUT2D eigenvalue weighted by molar-refractivity contribution is 5.76. The van der Waals surface area contributed by atoms with Crippen LogP contribution in [0.5, 0.6) is 0 Å². The van der Waals surface area contributed by atoms with Gasteiger partial charge in [0.15, 0.2) is 0 Å². The summed E-state index contributed by atoms with van der Waals surface area (Å²) < 4.78 is 0. The van der Waals surface area contributed by atoms with Crippen LogP contribution in [0.1, 0.15) is 51.9 Å². The summed E-state index contributed by atoms with van der Waals surface area (Å²) in [6.07, 6.45) is 6.80. The van der Waals surface area contributed by atoms with Crippen LogP contribution in [0.4, 0.5) is 0 Å². The number of aliphatic hydroxyl groups excluding tert-OH is 1. The van der Waals surface area contributed by atoms with Crippen LogP contribution in [0.2, 0.25) is 0 Å². The van der Waals surface area contributed by atoms with E-state index in [9.17, 15) is 9.90 Å². The highest BCUT2D eigenvalue weighted by Gasteiger charge is 2.29. The first kappa shape index (κ1) is 15.8. The van der Waals surface area contributed by atoms with Crippen molar-refractivity contribution in [2.45, 2.75) is 58.0 Å². The molecule has 0 aromatic rings. The van der Waals surface area contributed by atoms with E-state index in [1.807, 2.05) is 4.90 Å². The fourth-order valence-electron chi connectivity index (χ4n) is 3.56. The number of piperidine rings is 2. The van der Waals surface area contributed by atoms with Crippen molar-refractivity contribution in [3.8, 4) is 0 Å². The minimum Gasteiger partial charge on any atom is -0.393 e. The first-order valence-electron chi connectivity index (χ1n) is 8.37. The molecule has 20 heavy (non-hydrogen) atoms. The number of amides is 1. The maximum atomic E-state index is 12.4. The Morgan fingerprint density at radius 1 is 1.40 bits per heavy atom. The third kappa shape index (κ3) is 4.45. The number of aliphatic hydroxyl groups is 1. The number of nitrogens with one attached hydrogen (secondary N) is 1. The van der Waals surface area contributed by atoms with Crippen LogP contribution in [0, 0.1) is 11.8 Å². The molecule has 2 fully saturated rings. The van der Waals surface area contributed by atoms with E-state index < -0.39 is 0 Å². The lowest BCUT2D eigenvalue weighted by atomic mass is 9.89. The molecule has 1 amide bonds. The zero-order valence-corrected chi connectivity index (χ0v) is 12.8. The highest BCUT2D eigenvalue weighted by Crippen LogP contribution is 2.24. The number of nitrogens with zero attached hydrogens (tertiary/aromatic N) is 1. The van der Waals surface area contributed by atoms with Crippen LogP contribution < -0.4 is 5.32 Å². The summed E-state index contributed by atoms with van der Waals surface area (Å²) in [7, 11) is 0. The van der Waals surface area contributed by atoms with Gasteiger partial charge in [-0.05, 0) is 51.1 Å². The molecule has 0 spiro atoms. The molecule has 0 aliphatic carbocycles. The predicted molar refractivity (Wildman–Crippen MR) is 80.4 cm³/mol. The first-order valence-corrected chi connectivity index (χ1v) is 8.37. The summed E-state index contributed by atoms with van der Waals surface area (Å²) in [5, 5.41) is 13.5. The van der Waals surface area contributed by atoms with Gasteiger partial charge in [0.1, 0.15) is 0 Å². The van der Waals surface area contributed by atoms with Gasteiger partial charge >= 0.3 is 0 Å². The van der Waals surface area contributed by atoms with E-state index in [4.69, 9.17) is 0 Å². The molecule has 0 aromatic carbocycles. The number of rotatable bonds is 5. The molecule has 116 valence electrons. The molecule has 2 saturated heterocycles. The van der Waals surface area contributed by atoms with Crippen LogP contribution in [0.25, 0.3) is 0 Å². The fraction of sp³-hybridized carbons (Fsp3) is 0.938. The molecule has 0 bridgehead atoms. The molecule has 2 rings (SSSR count). The Hall–Kier alpha value is -0.610. The van der Waals surface area contributed by atoms with Crippen molar-refractivity contribution >= 4 is 5.91 Å². The van der Waals surface area contributed by atoms with E-state index in [2.05, 4.69) is 12.2 Å². The summed E-state index contributed by atoms with van der Waals surface area (Å²) in [6.45, 7) is 5.83. The normalized spacial score (nSPS) is 29.2. The maximum absolute atomic E-state index is 12.4. The van der Waals surface area contributed by atoms with Gasteiger partial charge in [-0.3, -0.25) is 4.79 Å². The van der Waals surface area contributed by atoms with Gasteiger partial charge in [-0.25, -0.2) is 0 Å². The SMILES string of the molecule is CCCC(O)[C@@H]1CCCN(C(=O)CC2CCCNC2)C1. The minimum absolute atomic E-state index is 0.230. The Labute approximate surface area is 122 Å². The summed E-state index contributed by atoms with van der Waals surface area (Å²) in [5.74, 6) is 1.10. The van der Waals surface area contributed by atoms with E-state index in [-0.39, 0.29) is 12.0 Å². The monoisotopic (exact) mass is 282 g/mol. The molecule has 4 heteroatoms. The Bertz CT molecular complexity index is 303. The predicted octanol–water partition coefficient (Wildman–Crippen LogP) is 1.78. The molecule has 0 aromatic heterocycles. The van der Waals surface area contributed by atoms with E-state index in [0.29, 0.717) is 18.2 Å². The van der Waals surface area contributed by atoms with E-state index >= 15 is 0 Å². The molecule has 0 radical (unpaired) electrons. The molecule has 2 heterocycles. The average Bonchev–Trinajstić information content (AvgIpc) is 2.48. The third-order valence-corrected chi connectivity index (χ3v) is 4.80. The quantitative estimate of drug-likeness (QED) is 0.808. The van der Waals surface area contributed by atoms with Crippen molar-refractivity contribution in [3.05, 3.63) is 0 Å². The number of carbonyl (C=O) groups is 1. The largest absolute Gasteiger partial charge is 0.393 e. The lowest BCUT2D eigenvalue weighted by molar-refractivity contribution is -0.135. The van der Waals surface area contributed by atoms with Crippen LogP contribution in [0.3, 0.4) is 0 Å². The van der Waals surface area contributed by atoms with Crippen LogP contribution in [-0.2, 0) is 4.79 Å². The Morgan fingerprint density at radius 3 is 2.95 bits per heavy atom. The van der Waals surface area contributed by atoms with Crippen LogP contribution in [-0.4, -0.2) is 48.2 Å². The van der Waals surface area contributed by atoms with E-state index in [0.717, 1.165) is 51.9 Å². The van der Waals surface area contributed by atoms with Gasteiger partial charge in [-0.2, -0.15) is 0 Å². The van der Waals surface area contributed by atoms with Crippen molar-refractivity contribution in [3.63, 3.8) is 0 Å². The van der Waals surface area contributed by atoms with Gasteiger partial charge in [-0.15, -0.1) is 0 Å². The summed E-state index contributed by atoms with van der Waals surface area (Å²) in [4.78, 5) is 14.4. The smallest absolute Gasteiger partial charge is 0.222 e. The molecular formula is C16H30N2O2. The topological polar surface area (TPSA) is 52.6 Å². The van der Waals surface area contributed by atoms with Gasteiger partial charge in [0, 0.05) is 25.4 Å². The second-order valence-electron chi connectivity index (χ2n) is 6.51. The average molecular weight is 282 g/mol. The van der Waals surface area contributed by atoms with E-state index in [1.165, 1.54) is 12.8 Å². The fourth-order valence-corrected chi connectivity index (χ4v) is 3.56. The molecule has 2 aliphatic rings. The Balaban J connectivity index is 1.79. The molecule has 2 unspecified atom stereocenters. The standard InChI is InChI=1S/C16H30N2O2/c1-2-5-15(19)14-7-4-9-18(12-14)16(20)10-13-6-3-8-17-11-13/h13-15,17,19H,2-12H2,1H3/t13?,14-,15?/m1/s1. The van der Waals surface area contributed by atoms with Gasteiger partial charge in [0.2, 0.25) is 5.91 Å². The molecule has 2 N–H and O–H groups in total. The van der Waals surface area contributed by atoms with Crippen molar-refractivity contribution in [2.24, 2.45) is 11.8 Å². The van der Waals surface area contributed by atoms with Crippen LogP contribution >= 0.6 is 0 Å². The first-order chi connectivity index (χ1) is 9.70. The highest BCUT2D eigenvalue weighted by atomic mass is 16.3. The maximum Gasteiger partial charge on any atom is 0.222 e. The zero-order valence-electron chi connectivity index (χ0n) is 12.8. The van der Waals surface area contributed by atoms with Crippen molar-refractivity contribution in [1.82, 2.24) is 10.2 Å². The molecule has 3 atom stereocenters. The van der Waals surface area contributed by atoms with Crippen molar-refractivity contribution in [2.75, 3.05) is 26.2 Å². The number of carbonyl (C=O) groups excluding carboxylic acids is 1. The third-order valence-electron chi connectivity index (χ3n) is 4.80. The van der Waals surface area contributed by atoms with Gasteiger partial charge in [0.05, 0.1) is 6.10 Å². The Kier molecular flexibility index (Phi) is 6.30. The molecule has 0 saturated carbocycles. The Morgan fingerprint density at radius 2 is 2.25 bits per heavy atom. The lowest BCUT2D eigenvalue weighted by Gasteiger charge is -2.36. The number of hydrogen-bond acceptors (Lipinski definition) is 3. The van der Waals surface area contributed by atoms with Crippen molar-refractivity contribution < 1.29 is 9.90 Å². The van der Waals surface area contributed by atoms with E-state index in [1.54, 1.807) is 0 Å². The summed E-state index contributed by atoms with van der Waals surface area (Å²) >= 11 is 0. The number of hydrogen-bond donors (Lipinski definition) is 2. The lowest BCUT2D eigenvalue weighted by Crippen LogP contribution is -2.44. The molecule has 4 nitrogen and oxygen atoms in total. The zero-order chi connectivity index (χ0) is 14.4. The van der Waals surface area contributed by atoms with Gasteiger partial charge in [0.25, 0.3) is 0 Å². The van der Waals surface area contributed by atoms with Gasteiger partial charge < -0.3 is 15.3 Å². The van der Waals surface area contributed by atoms with Gasteiger partial charge in [-0.1, -0.05) is 13.3 Å². The second-order valence-corrected chi connectivity index (χ2v) is 6.51. The molecule has 2 aliphatic heterocycles. The van der Waals surface area contributed by atoms with Crippen molar-refractivity contribution in [1.29, 1.82) is 0 Å². The summed E-state index contributed by atoms with van der Waals surface area (Å²) in [5.41, 5.74) is 0. The van der Waals surface area contributed by atoms with Crippen LogP contribution in [0.15, 0.2) is 0 Å². The summed E-state index contributed by atoms with van der Waals surface area (Å²) in [6, 6.07) is 0.